The molecule has 0 saturated carbocycles. The standard InChI is InChI=1S/C25H22N4OS2/c1-17-6-10-19(11-7-17)16-31-25-27-15-21(32-20-12-8-18(2)9-13-20)23(29-25)24(30)28-22-5-3-4-14-26-22/h3-15H,16H2,1-2H3,(H,26,28,30). The first-order valence-electron chi connectivity index (χ1n) is 10.1. The van der Waals surface area contributed by atoms with Gasteiger partial charge in [0.05, 0.1) is 4.90 Å². The van der Waals surface area contributed by atoms with Crippen molar-refractivity contribution in [2.75, 3.05) is 5.32 Å². The zero-order valence-electron chi connectivity index (χ0n) is 17.8. The molecule has 0 atom stereocenters. The second-order valence-corrected chi connectivity index (χ2v) is 9.28. The monoisotopic (exact) mass is 458 g/mol. The molecule has 2 aromatic carbocycles. The van der Waals surface area contributed by atoms with Gasteiger partial charge in [0.15, 0.2) is 5.16 Å². The Bertz CT molecular complexity index is 1200. The van der Waals surface area contributed by atoms with Crippen LogP contribution in [0.25, 0.3) is 0 Å². The number of anilines is 1. The fourth-order valence-corrected chi connectivity index (χ4v) is 4.48. The Hall–Kier alpha value is -3.16. The van der Waals surface area contributed by atoms with Crippen LogP contribution in [-0.4, -0.2) is 20.9 Å². The van der Waals surface area contributed by atoms with Gasteiger partial charge < -0.3 is 5.32 Å². The first-order chi connectivity index (χ1) is 15.6. The molecule has 0 unspecified atom stereocenters. The van der Waals surface area contributed by atoms with Crippen molar-refractivity contribution in [1.82, 2.24) is 15.0 Å². The molecule has 2 heterocycles. The lowest BCUT2D eigenvalue weighted by molar-refractivity contribution is 0.101. The van der Waals surface area contributed by atoms with E-state index in [2.05, 4.69) is 51.5 Å². The molecule has 0 aliphatic heterocycles. The number of hydrogen-bond acceptors (Lipinski definition) is 6. The minimum absolute atomic E-state index is 0.308. The van der Waals surface area contributed by atoms with Gasteiger partial charge in [0.1, 0.15) is 11.5 Å². The maximum Gasteiger partial charge on any atom is 0.276 e. The number of benzene rings is 2. The third kappa shape index (κ3) is 5.96. The minimum Gasteiger partial charge on any atom is -0.305 e. The van der Waals surface area contributed by atoms with Crippen LogP contribution in [0.15, 0.2) is 94.1 Å². The summed E-state index contributed by atoms with van der Waals surface area (Å²) in [5.74, 6) is 0.903. The Morgan fingerprint density at radius 1 is 0.906 bits per heavy atom. The number of pyridine rings is 1. The number of aryl methyl sites for hydroxylation is 2. The first kappa shape index (κ1) is 22.0. The lowest BCUT2D eigenvalue weighted by Crippen LogP contribution is -2.16. The molecule has 0 spiro atoms. The van der Waals surface area contributed by atoms with E-state index in [1.54, 1.807) is 24.5 Å². The number of amides is 1. The van der Waals surface area contributed by atoms with Gasteiger partial charge in [-0.2, -0.15) is 0 Å². The van der Waals surface area contributed by atoms with Gasteiger partial charge in [-0.05, 0) is 43.7 Å². The summed E-state index contributed by atoms with van der Waals surface area (Å²) in [6.45, 7) is 4.11. The highest BCUT2D eigenvalue weighted by molar-refractivity contribution is 7.99. The van der Waals surface area contributed by atoms with E-state index in [-0.39, 0.29) is 5.91 Å². The summed E-state index contributed by atoms with van der Waals surface area (Å²) in [7, 11) is 0. The number of nitrogens with one attached hydrogen (secondary N) is 1. The molecule has 0 fully saturated rings. The SMILES string of the molecule is Cc1ccc(CSc2ncc(Sc3ccc(C)cc3)c(C(=O)Nc3ccccn3)n2)cc1. The van der Waals surface area contributed by atoms with Crippen LogP contribution >= 0.6 is 23.5 Å². The molecule has 160 valence electrons. The Morgan fingerprint density at radius 2 is 1.62 bits per heavy atom. The van der Waals surface area contributed by atoms with E-state index in [9.17, 15) is 4.79 Å². The number of rotatable bonds is 7. The van der Waals surface area contributed by atoms with E-state index in [4.69, 9.17) is 0 Å². The van der Waals surface area contributed by atoms with E-state index in [1.807, 2.05) is 37.3 Å². The van der Waals surface area contributed by atoms with Crippen LogP contribution in [0, 0.1) is 13.8 Å². The van der Waals surface area contributed by atoms with E-state index in [0.717, 1.165) is 10.6 Å². The van der Waals surface area contributed by atoms with Gasteiger partial charge in [0, 0.05) is 23.0 Å². The molecular weight excluding hydrogens is 436 g/mol. The Kier molecular flexibility index (Phi) is 7.19. The van der Waals surface area contributed by atoms with Crippen molar-refractivity contribution in [3.63, 3.8) is 0 Å². The molecule has 1 amide bonds. The third-order valence-electron chi connectivity index (χ3n) is 4.59. The second-order valence-electron chi connectivity index (χ2n) is 7.22. The molecule has 0 radical (unpaired) electrons. The molecule has 5 nitrogen and oxygen atoms in total. The average Bonchev–Trinajstić information content (AvgIpc) is 2.81. The van der Waals surface area contributed by atoms with Gasteiger partial charge in [0.25, 0.3) is 5.91 Å². The van der Waals surface area contributed by atoms with Gasteiger partial charge in [-0.25, -0.2) is 15.0 Å². The van der Waals surface area contributed by atoms with Crippen LogP contribution in [0.3, 0.4) is 0 Å². The first-order valence-corrected chi connectivity index (χ1v) is 11.9. The molecule has 7 heteroatoms. The van der Waals surface area contributed by atoms with Crippen molar-refractivity contribution in [1.29, 1.82) is 0 Å². The Balaban J connectivity index is 1.58. The maximum atomic E-state index is 13.1. The van der Waals surface area contributed by atoms with Gasteiger partial charge in [-0.3, -0.25) is 4.79 Å². The average molecular weight is 459 g/mol. The van der Waals surface area contributed by atoms with Crippen molar-refractivity contribution in [2.45, 2.75) is 34.5 Å². The Morgan fingerprint density at radius 3 is 2.31 bits per heavy atom. The zero-order chi connectivity index (χ0) is 22.3. The molecule has 4 aromatic rings. The molecule has 0 saturated heterocycles. The lowest BCUT2D eigenvalue weighted by atomic mass is 10.2. The molecular formula is C25H22N4OS2. The highest BCUT2D eigenvalue weighted by Gasteiger charge is 2.17. The second kappa shape index (κ2) is 10.4. The molecule has 1 N–H and O–H groups in total. The maximum absolute atomic E-state index is 13.1. The number of nitrogens with zero attached hydrogens (tertiary/aromatic N) is 3. The fraction of sp³-hybridized carbons (Fsp3) is 0.120. The fourth-order valence-electron chi connectivity index (χ4n) is 2.84. The summed E-state index contributed by atoms with van der Waals surface area (Å²) in [6.07, 6.45) is 3.36. The van der Waals surface area contributed by atoms with Crippen LogP contribution in [0.2, 0.25) is 0 Å². The number of hydrogen-bond donors (Lipinski definition) is 1. The van der Waals surface area contributed by atoms with Gasteiger partial charge in [-0.15, -0.1) is 0 Å². The van der Waals surface area contributed by atoms with Gasteiger partial charge in [-0.1, -0.05) is 77.1 Å². The van der Waals surface area contributed by atoms with E-state index in [0.29, 0.717) is 21.6 Å². The quantitative estimate of drug-likeness (QED) is 0.263. The number of carbonyl (C=O) groups is 1. The summed E-state index contributed by atoms with van der Waals surface area (Å²) in [5.41, 5.74) is 3.92. The molecule has 2 aromatic heterocycles. The van der Waals surface area contributed by atoms with Crippen LogP contribution in [0.4, 0.5) is 5.82 Å². The summed E-state index contributed by atoms with van der Waals surface area (Å²) < 4.78 is 0. The summed E-state index contributed by atoms with van der Waals surface area (Å²) in [4.78, 5) is 28.1. The number of carbonyl (C=O) groups excluding carboxylic acids is 1. The van der Waals surface area contributed by atoms with Crippen molar-refractivity contribution < 1.29 is 4.79 Å². The molecule has 0 aliphatic carbocycles. The zero-order valence-corrected chi connectivity index (χ0v) is 19.4. The Labute approximate surface area is 196 Å². The highest BCUT2D eigenvalue weighted by atomic mass is 32.2. The molecule has 32 heavy (non-hydrogen) atoms. The molecule has 4 rings (SSSR count). The van der Waals surface area contributed by atoms with Crippen molar-refractivity contribution in [2.24, 2.45) is 0 Å². The minimum atomic E-state index is -0.308. The van der Waals surface area contributed by atoms with Gasteiger partial charge >= 0.3 is 0 Å². The summed E-state index contributed by atoms with van der Waals surface area (Å²) >= 11 is 2.98. The van der Waals surface area contributed by atoms with Gasteiger partial charge in [0.2, 0.25) is 0 Å². The summed E-state index contributed by atoms with van der Waals surface area (Å²) in [5, 5.41) is 3.40. The predicted octanol–water partition coefficient (Wildman–Crippen LogP) is 6.18. The molecule has 0 aliphatic rings. The summed E-state index contributed by atoms with van der Waals surface area (Å²) in [6, 6.07) is 21.9. The lowest BCUT2D eigenvalue weighted by Gasteiger charge is -2.10. The largest absolute Gasteiger partial charge is 0.305 e. The van der Waals surface area contributed by atoms with E-state index >= 15 is 0 Å². The van der Waals surface area contributed by atoms with E-state index in [1.165, 1.54) is 40.2 Å². The van der Waals surface area contributed by atoms with E-state index < -0.39 is 0 Å². The van der Waals surface area contributed by atoms with Crippen molar-refractivity contribution >= 4 is 35.2 Å². The molecule has 0 bridgehead atoms. The van der Waals surface area contributed by atoms with Crippen LogP contribution < -0.4 is 5.32 Å². The van der Waals surface area contributed by atoms with Crippen LogP contribution in [-0.2, 0) is 5.75 Å². The van der Waals surface area contributed by atoms with Crippen molar-refractivity contribution in [3.8, 4) is 0 Å². The normalized spacial score (nSPS) is 10.7. The van der Waals surface area contributed by atoms with Crippen molar-refractivity contribution in [3.05, 3.63) is 102 Å². The van der Waals surface area contributed by atoms with Crippen LogP contribution in [0.1, 0.15) is 27.2 Å². The predicted molar refractivity (Wildman–Crippen MR) is 130 cm³/mol. The smallest absolute Gasteiger partial charge is 0.276 e. The highest BCUT2D eigenvalue weighted by Crippen LogP contribution is 2.31. The topological polar surface area (TPSA) is 67.8 Å². The number of thioether (sulfide) groups is 1. The third-order valence-corrected chi connectivity index (χ3v) is 6.55. The van der Waals surface area contributed by atoms with Crippen LogP contribution in [0.5, 0.6) is 0 Å². The number of aromatic nitrogens is 3.